The average molecular weight is 350 g/mol. The van der Waals surface area contributed by atoms with Crippen molar-refractivity contribution in [3.63, 3.8) is 0 Å². The number of nitrogens with zero attached hydrogens (tertiary/aromatic N) is 2. The summed E-state index contributed by atoms with van der Waals surface area (Å²) in [6, 6.07) is 6.32. The second-order valence-corrected chi connectivity index (χ2v) is 5.41. The third-order valence-electron chi connectivity index (χ3n) is 2.95. The third kappa shape index (κ3) is 3.25. The lowest BCUT2D eigenvalue weighted by molar-refractivity contribution is -0.385. The van der Waals surface area contributed by atoms with Gasteiger partial charge in [-0.05, 0) is 47.0 Å². The van der Waals surface area contributed by atoms with Gasteiger partial charge in [0.25, 0.3) is 11.6 Å². The lowest BCUT2D eigenvalue weighted by Gasteiger charge is -2.09. The van der Waals surface area contributed by atoms with E-state index in [-0.39, 0.29) is 11.3 Å². The fraction of sp³-hybridized carbons (Fsp3) is 0.143. The van der Waals surface area contributed by atoms with E-state index in [9.17, 15) is 14.9 Å². The predicted molar refractivity (Wildman–Crippen MR) is 82.5 cm³/mol. The minimum Gasteiger partial charge on any atom is -0.306 e. The number of anilines is 1. The molecule has 1 aromatic carbocycles. The van der Waals surface area contributed by atoms with Crippen LogP contribution in [0.2, 0.25) is 0 Å². The molecule has 0 unspecified atom stereocenters. The number of carbonyl (C=O) groups is 1. The summed E-state index contributed by atoms with van der Waals surface area (Å²) in [4.78, 5) is 26.9. The normalized spacial score (nSPS) is 10.2. The number of hydrogen-bond acceptors (Lipinski definition) is 4. The Bertz CT molecular complexity index is 731. The Morgan fingerprint density at radius 2 is 2.05 bits per heavy atom. The van der Waals surface area contributed by atoms with E-state index in [4.69, 9.17) is 0 Å². The molecule has 1 N–H and O–H groups in total. The summed E-state index contributed by atoms with van der Waals surface area (Å²) >= 11 is 3.29. The zero-order chi connectivity index (χ0) is 15.6. The summed E-state index contributed by atoms with van der Waals surface area (Å²) in [5, 5.41) is 13.7. The molecule has 2 aromatic rings. The molecule has 6 nitrogen and oxygen atoms in total. The van der Waals surface area contributed by atoms with Crippen LogP contribution in [0.5, 0.6) is 0 Å². The molecule has 2 rings (SSSR count). The number of benzene rings is 1. The van der Waals surface area contributed by atoms with Crippen LogP contribution in [0, 0.1) is 24.0 Å². The van der Waals surface area contributed by atoms with Gasteiger partial charge in [0.05, 0.1) is 4.92 Å². The first-order valence-corrected chi connectivity index (χ1v) is 6.87. The molecule has 0 saturated carbocycles. The van der Waals surface area contributed by atoms with E-state index in [0.717, 1.165) is 10.0 Å². The molecule has 0 aliphatic heterocycles. The van der Waals surface area contributed by atoms with Crippen molar-refractivity contribution in [3.05, 3.63) is 61.7 Å². The SMILES string of the molecule is Cc1cc(Br)cnc1NC(=O)c1c(C)cccc1[N+](=O)[O-]. The molecule has 0 spiro atoms. The first-order chi connectivity index (χ1) is 9.90. The first-order valence-electron chi connectivity index (χ1n) is 6.07. The standard InChI is InChI=1S/C14H12BrN3O3/c1-8-4-3-5-11(18(20)21)12(8)14(19)17-13-9(2)6-10(15)7-16-13/h3-7H,1-2H3,(H,16,17,19). The zero-order valence-corrected chi connectivity index (χ0v) is 13.0. The Labute approximate surface area is 129 Å². The molecule has 0 saturated heterocycles. The van der Waals surface area contributed by atoms with Crippen molar-refractivity contribution in [2.75, 3.05) is 5.32 Å². The van der Waals surface area contributed by atoms with Crippen molar-refractivity contribution in [2.24, 2.45) is 0 Å². The van der Waals surface area contributed by atoms with Crippen LogP contribution in [-0.2, 0) is 0 Å². The molecule has 0 aliphatic carbocycles. The number of carbonyl (C=O) groups excluding carboxylic acids is 1. The number of nitrogens with one attached hydrogen (secondary N) is 1. The van der Waals surface area contributed by atoms with E-state index in [1.807, 2.05) is 0 Å². The molecule has 0 radical (unpaired) electrons. The molecule has 21 heavy (non-hydrogen) atoms. The van der Waals surface area contributed by atoms with E-state index >= 15 is 0 Å². The molecule has 7 heteroatoms. The molecule has 0 aliphatic rings. The quantitative estimate of drug-likeness (QED) is 0.677. The van der Waals surface area contributed by atoms with Crippen molar-refractivity contribution in [2.45, 2.75) is 13.8 Å². The molecular formula is C14H12BrN3O3. The van der Waals surface area contributed by atoms with Gasteiger partial charge in [-0.15, -0.1) is 0 Å². The van der Waals surface area contributed by atoms with Gasteiger partial charge in [-0.25, -0.2) is 4.98 Å². The third-order valence-corrected chi connectivity index (χ3v) is 3.39. The van der Waals surface area contributed by atoms with Crippen LogP contribution in [0.25, 0.3) is 0 Å². The summed E-state index contributed by atoms with van der Waals surface area (Å²) in [6.45, 7) is 3.45. The van der Waals surface area contributed by atoms with Crippen LogP contribution in [0.15, 0.2) is 34.9 Å². The largest absolute Gasteiger partial charge is 0.306 e. The fourth-order valence-corrected chi connectivity index (χ4v) is 2.39. The summed E-state index contributed by atoms with van der Waals surface area (Å²) in [6.07, 6.45) is 1.55. The van der Waals surface area contributed by atoms with E-state index in [2.05, 4.69) is 26.2 Å². The van der Waals surface area contributed by atoms with Crippen LogP contribution >= 0.6 is 15.9 Å². The van der Waals surface area contributed by atoms with Crippen molar-refractivity contribution in [1.29, 1.82) is 0 Å². The number of pyridine rings is 1. The van der Waals surface area contributed by atoms with E-state index < -0.39 is 10.8 Å². The highest BCUT2D eigenvalue weighted by Gasteiger charge is 2.22. The predicted octanol–water partition coefficient (Wildman–Crippen LogP) is 3.62. The van der Waals surface area contributed by atoms with Gasteiger partial charge in [-0.2, -0.15) is 0 Å². The van der Waals surface area contributed by atoms with Gasteiger partial charge in [0, 0.05) is 16.7 Å². The second kappa shape index (κ2) is 6.01. The van der Waals surface area contributed by atoms with E-state index in [0.29, 0.717) is 11.4 Å². The maximum Gasteiger partial charge on any atom is 0.282 e. The minimum atomic E-state index is -0.566. The number of amides is 1. The highest BCUT2D eigenvalue weighted by Crippen LogP contribution is 2.24. The fourth-order valence-electron chi connectivity index (χ4n) is 1.94. The van der Waals surface area contributed by atoms with Crippen molar-refractivity contribution in [3.8, 4) is 0 Å². The maximum absolute atomic E-state index is 12.3. The topological polar surface area (TPSA) is 85.1 Å². The minimum absolute atomic E-state index is 0.0478. The molecule has 1 amide bonds. The molecule has 108 valence electrons. The van der Waals surface area contributed by atoms with Gasteiger partial charge < -0.3 is 5.32 Å². The van der Waals surface area contributed by atoms with Gasteiger partial charge in [-0.3, -0.25) is 14.9 Å². The van der Waals surface area contributed by atoms with Crippen LogP contribution in [0.4, 0.5) is 11.5 Å². The Hall–Kier alpha value is -2.28. The summed E-state index contributed by atoms with van der Waals surface area (Å²) in [5.74, 6) is -0.168. The van der Waals surface area contributed by atoms with Crippen LogP contribution in [-0.4, -0.2) is 15.8 Å². The molecular weight excluding hydrogens is 338 g/mol. The van der Waals surface area contributed by atoms with Gasteiger partial charge >= 0.3 is 0 Å². The van der Waals surface area contributed by atoms with Crippen LogP contribution in [0.1, 0.15) is 21.5 Å². The van der Waals surface area contributed by atoms with Crippen LogP contribution in [0.3, 0.4) is 0 Å². The van der Waals surface area contributed by atoms with Crippen molar-refractivity contribution in [1.82, 2.24) is 4.98 Å². The zero-order valence-electron chi connectivity index (χ0n) is 11.4. The molecule has 0 fully saturated rings. The number of halogens is 1. The second-order valence-electron chi connectivity index (χ2n) is 4.50. The van der Waals surface area contributed by atoms with Gasteiger partial charge in [0.2, 0.25) is 0 Å². The smallest absolute Gasteiger partial charge is 0.282 e. The summed E-state index contributed by atoms with van der Waals surface area (Å²) in [7, 11) is 0. The Balaban J connectivity index is 2.39. The Kier molecular flexibility index (Phi) is 4.32. The van der Waals surface area contributed by atoms with Gasteiger partial charge in [0.15, 0.2) is 0 Å². The van der Waals surface area contributed by atoms with Crippen molar-refractivity contribution >= 4 is 33.3 Å². The lowest BCUT2D eigenvalue weighted by atomic mass is 10.1. The average Bonchev–Trinajstić information content (AvgIpc) is 2.41. The number of aromatic nitrogens is 1. The molecule has 1 aromatic heterocycles. The maximum atomic E-state index is 12.3. The molecule has 1 heterocycles. The lowest BCUT2D eigenvalue weighted by Crippen LogP contribution is -2.17. The Morgan fingerprint density at radius 1 is 1.33 bits per heavy atom. The van der Waals surface area contributed by atoms with E-state index in [1.54, 1.807) is 38.2 Å². The monoisotopic (exact) mass is 349 g/mol. The van der Waals surface area contributed by atoms with Gasteiger partial charge in [-0.1, -0.05) is 12.1 Å². The van der Waals surface area contributed by atoms with Crippen LogP contribution < -0.4 is 5.32 Å². The van der Waals surface area contributed by atoms with Crippen molar-refractivity contribution < 1.29 is 9.72 Å². The molecule has 0 bridgehead atoms. The Morgan fingerprint density at radius 3 is 2.67 bits per heavy atom. The summed E-state index contributed by atoms with van der Waals surface area (Å²) in [5.41, 5.74) is 1.12. The number of rotatable bonds is 3. The number of nitro benzene ring substituents is 1. The molecule has 0 atom stereocenters. The number of hydrogen-bond donors (Lipinski definition) is 1. The highest BCUT2D eigenvalue weighted by atomic mass is 79.9. The number of nitro groups is 1. The summed E-state index contributed by atoms with van der Waals surface area (Å²) < 4.78 is 0.792. The highest BCUT2D eigenvalue weighted by molar-refractivity contribution is 9.10. The number of aryl methyl sites for hydroxylation is 2. The van der Waals surface area contributed by atoms with E-state index in [1.165, 1.54) is 6.07 Å². The first kappa shape index (κ1) is 15.1. The van der Waals surface area contributed by atoms with Gasteiger partial charge in [0.1, 0.15) is 11.4 Å².